The van der Waals surface area contributed by atoms with E-state index in [1.165, 1.54) is 16.7 Å². The van der Waals surface area contributed by atoms with E-state index in [0.717, 1.165) is 17.1 Å². The number of nitrogens with zero attached hydrogens (tertiary/aromatic N) is 3. The highest BCUT2D eigenvalue weighted by Gasteiger charge is 2.14. The molecule has 0 saturated carbocycles. The molecule has 1 aromatic carbocycles. The molecule has 1 heterocycles. The molecule has 6 nitrogen and oxygen atoms in total. The zero-order valence-electron chi connectivity index (χ0n) is 13.9. The van der Waals surface area contributed by atoms with Gasteiger partial charge in [-0.05, 0) is 32.0 Å². The van der Waals surface area contributed by atoms with Crippen LogP contribution in [0.5, 0.6) is 0 Å². The topological polar surface area (TPSA) is 72.4 Å². The highest BCUT2D eigenvalue weighted by atomic mass is 32.2. The lowest BCUT2D eigenvalue weighted by Crippen LogP contribution is -2.31. The molecule has 126 valence electrons. The molecular weight excluding hydrogens is 326 g/mol. The molecule has 0 aliphatic rings. The molecule has 1 amide bonds. The van der Waals surface area contributed by atoms with Gasteiger partial charge in [-0.25, -0.2) is 9.97 Å². The number of para-hydroxylation sites is 1. The molecule has 0 saturated heterocycles. The Morgan fingerprint density at radius 3 is 2.38 bits per heavy atom. The van der Waals surface area contributed by atoms with E-state index in [4.69, 9.17) is 4.74 Å². The second-order valence-corrected chi connectivity index (χ2v) is 6.11. The van der Waals surface area contributed by atoms with Crippen LogP contribution in [0.25, 0.3) is 0 Å². The van der Waals surface area contributed by atoms with Gasteiger partial charge in [-0.2, -0.15) is 0 Å². The molecule has 0 aliphatic heterocycles. The number of benzene rings is 1. The SMILES string of the molecule is Cc1cc(C)nc(SCC(=O)OCC(=O)N(C)c2ccccc2)n1. The molecule has 24 heavy (non-hydrogen) atoms. The number of rotatable bonds is 6. The summed E-state index contributed by atoms with van der Waals surface area (Å²) in [7, 11) is 1.64. The number of carbonyl (C=O) groups excluding carboxylic acids is 2. The van der Waals surface area contributed by atoms with Gasteiger partial charge in [0.05, 0.1) is 5.75 Å². The maximum atomic E-state index is 12.0. The highest BCUT2D eigenvalue weighted by Crippen LogP contribution is 2.14. The number of amides is 1. The van der Waals surface area contributed by atoms with E-state index in [0.29, 0.717) is 5.16 Å². The number of aromatic nitrogens is 2. The van der Waals surface area contributed by atoms with Crippen LogP contribution in [0.2, 0.25) is 0 Å². The summed E-state index contributed by atoms with van der Waals surface area (Å²) in [6.07, 6.45) is 0. The number of anilines is 1. The van der Waals surface area contributed by atoms with E-state index in [2.05, 4.69) is 9.97 Å². The molecule has 2 aromatic rings. The first-order valence-corrected chi connectivity index (χ1v) is 8.36. The van der Waals surface area contributed by atoms with Crippen molar-refractivity contribution in [2.45, 2.75) is 19.0 Å². The Hall–Kier alpha value is -2.41. The number of ether oxygens (including phenoxy) is 1. The Labute approximate surface area is 145 Å². The van der Waals surface area contributed by atoms with Crippen molar-refractivity contribution in [2.24, 2.45) is 0 Å². The Balaban J connectivity index is 1.79. The largest absolute Gasteiger partial charge is 0.455 e. The van der Waals surface area contributed by atoms with Crippen molar-refractivity contribution in [1.82, 2.24) is 9.97 Å². The van der Waals surface area contributed by atoms with Crippen LogP contribution in [-0.2, 0) is 14.3 Å². The zero-order valence-corrected chi connectivity index (χ0v) is 14.7. The summed E-state index contributed by atoms with van der Waals surface area (Å²) in [4.78, 5) is 33.7. The Morgan fingerprint density at radius 1 is 1.12 bits per heavy atom. The molecule has 7 heteroatoms. The third kappa shape index (κ3) is 5.34. The molecule has 0 radical (unpaired) electrons. The fraction of sp³-hybridized carbons (Fsp3) is 0.294. The van der Waals surface area contributed by atoms with Gasteiger partial charge in [0.15, 0.2) is 11.8 Å². The minimum Gasteiger partial charge on any atom is -0.455 e. The molecule has 2 rings (SSSR count). The molecule has 0 N–H and O–H groups in total. The number of esters is 1. The van der Waals surface area contributed by atoms with E-state index < -0.39 is 5.97 Å². The minimum absolute atomic E-state index is 0.0607. The highest BCUT2D eigenvalue weighted by molar-refractivity contribution is 7.99. The lowest BCUT2D eigenvalue weighted by Gasteiger charge is -2.16. The number of carbonyl (C=O) groups is 2. The van der Waals surface area contributed by atoms with E-state index in [1.54, 1.807) is 7.05 Å². The van der Waals surface area contributed by atoms with Gasteiger partial charge >= 0.3 is 5.97 Å². The Bertz CT molecular complexity index is 702. The fourth-order valence-electron chi connectivity index (χ4n) is 1.96. The van der Waals surface area contributed by atoms with E-state index in [1.807, 2.05) is 50.2 Å². The first kappa shape index (κ1) is 17.9. The van der Waals surface area contributed by atoms with Crippen molar-refractivity contribution < 1.29 is 14.3 Å². The third-order valence-electron chi connectivity index (χ3n) is 3.16. The maximum absolute atomic E-state index is 12.0. The number of hydrogen-bond donors (Lipinski definition) is 0. The summed E-state index contributed by atoms with van der Waals surface area (Å²) in [5.41, 5.74) is 2.44. The van der Waals surface area contributed by atoms with Crippen LogP contribution in [0.1, 0.15) is 11.4 Å². The summed E-state index contributed by atoms with van der Waals surface area (Å²) in [6.45, 7) is 3.45. The van der Waals surface area contributed by atoms with Crippen LogP contribution in [-0.4, -0.2) is 41.3 Å². The van der Waals surface area contributed by atoms with Crippen LogP contribution in [0.4, 0.5) is 5.69 Å². The summed E-state index contributed by atoms with van der Waals surface area (Å²) in [5.74, 6) is -0.703. The second-order valence-electron chi connectivity index (χ2n) is 5.17. The molecule has 0 unspecified atom stereocenters. The zero-order chi connectivity index (χ0) is 17.5. The average molecular weight is 345 g/mol. The molecule has 0 atom stereocenters. The molecule has 1 aromatic heterocycles. The third-order valence-corrected chi connectivity index (χ3v) is 3.98. The predicted molar refractivity (Wildman–Crippen MR) is 93.0 cm³/mol. The van der Waals surface area contributed by atoms with Crippen molar-refractivity contribution in [1.29, 1.82) is 0 Å². The van der Waals surface area contributed by atoms with Gasteiger partial charge < -0.3 is 9.64 Å². The van der Waals surface area contributed by atoms with Crippen molar-refractivity contribution in [2.75, 3.05) is 24.3 Å². The van der Waals surface area contributed by atoms with E-state index >= 15 is 0 Å². The Morgan fingerprint density at radius 2 is 1.75 bits per heavy atom. The molecular formula is C17H19N3O3S. The fourth-order valence-corrected chi connectivity index (χ4v) is 2.71. The molecule has 0 aliphatic carbocycles. The van der Waals surface area contributed by atoms with Crippen molar-refractivity contribution in [3.8, 4) is 0 Å². The standard InChI is InChI=1S/C17H19N3O3S/c1-12-9-13(2)19-17(18-12)24-11-16(22)23-10-15(21)20(3)14-7-5-4-6-8-14/h4-9H,10-11H2,1-3H3. The van der Waals surface area contributed by atoms with Crippen LogP contribution in [0, 0.1) is 13.8 Å². The minimum atomic E-state index is -0.474. The monoisotopic (exact) mass is 345 g/mol. The van der Waals surface area contributed by atoms with Crippen molar-refractivity contribution in [3.63, 3.8) is 0 Å². The first-order chi connectivity index (χ1) is 11.5. The summed E-state index contributed by atoms with van der Waals surface area (Å²) < 4.78 is 5.02. The number of likely N-dealkylation sites (N-methyl/N-ethyl adjacent to an activating group) is 1. The second kappa shape index (κ2) is 8.44. The molecule has 0 spiro atoms. The van der Waals surface area contributed by atoms with Gasteiger partial charge in [0, 0.05) is 24.1 Å². The van der Waals surface area contributed by atoms with Gasteiger partial charge in [0.25, 0.3) is 5.91 Å². The summed E-state index contributed by atoms with van der Waals surface area (Å²) >= 11 is 1.19. The Kier molecular flexibility index (Phi) is 6.31. The smallest absolute Gasteiger partial charge is 0.316 e. The van der Waals surface area contributed by atoms with E-state index in [-0.39, 0.29) is 18.3 Å². The number of thioether (sulfide) groups is 1. The summed E-state index contributed by atoms with van der Waals surface area (Å²) in [5, 5.41) is 0.525. The van der Waals surface area contributed by atoms with Crippen molar-refractivity contribution >= 4 is 29.3 Å². The van der Waals surface area contributed by atoms with Gasteiger partial charge in [-0.1, -0.05) is 30.0 Å². The van der Waals surface area contributed by atoms with Crippen LogP contribution < -0.4 is 4.90 Å². The van der Waals surface area contributed by atoms with Crippen LogP contribution >= 0.6 is 11.8 Å². The van der Waals surface area contributed by atoms with Gasteiger partial charge in [0.1, 0.15) is 0 Å². The van der Waals surface area contributed by atoms with Gasteiger partial charge in [-0.3, -0.25) is 9.59 Å². The average Bonchev–Trinajstić information content (AvgIpc) is 2.57. The van der Waals surface area contributed by atoms with E-state index in [9.17, 15) is 9.59 Å². The maximum Gasteiger partial charge on any atom is 0.316 e. The van der Waals surface area contributed by atoms with Crippen LogP contribution in [0.3, 0.4) is 0 Å². The van der Waals surface area contributed by atoms with Crippen molar-refractivity contribution in [3.05, 3.63) is 47.8 Å². The summed E-state index contributed by atoms with van der Waals surface area (Å²) in [6, 6.07) is 11.0. The van der Waals surface area contributed by atoms with Gasteiger partial charge in [0.2, 0.25) is 0 Å². The lowest BCUT2D eigenvalue weighted by atomic mass is 10.3. The molecule has 0 fully saturated rings. The normalized spacial score (nSPS) is 10.3. The number of hydrogen-bond acceptors (Lipinski definition) is 6. The predicted octanol–water partition coefficient (Wildman–Crippen LogP) is 2.39. The lowest BCUT2D eigenvalue weighted by molar-refractivity contribution is -0.145. The molecule has 0 bridgehead atoms. The van der Waals surface area contributed by atoms with Crippen LogP contribution in [0.15, 0.2) is 41.6 Å². The number of aryl methyl sites for hydroxylation is 2. The van der Waals surface area contributed by atoms with Gasteiger partial charge in [-0.15, -0.1) is 0 Å². The quantitative estimate of drug-likeness (QED) is 0.455. The first-order valence-electron chi connectivity index (χ1n) is 7.38.